The number of hydrogen-bond acceptors (Lipinski definition) is 2. The van der Waals surface area contributed by atoms with Crippen LogP contribution in [0.3, 0.4) is 0 Å². The van der Waals surface area contributed by atoms with Crippen LogP contribution >= 0.6 is 0 Å². The molecule has 3 heteroatoms. The van der Waals surface area contributed by atoms with Gasteiger partial charge in [0.15, 0.2) is 0 Å². The Labute approximate surface area is 109 Å². The van der Waals surface area contributed by atoms with Crippen molar-refractivity contribution < 1.29 is 0 Å². The quantitative estimate of drug-likeness (QED) is 0.851. The number of hydrogen-bond donors (Lipinski definition) is 2. The molecule has 1 aromatic carbocycles. The third kappa shape index (κ3) is 2.72. The Balaban J connectivity index is 0.000000771. The molecule has 96 valence electrons. The molecule has 2 aromatic rings. The van der Waals surface area contributed by atoms with Gasteiger partial charge in [-0.3, -0.25) is 0 Å². The molecule has 0 atom stereocenters. The largest absolute Gasteiger partial charge is 0.358 e. The minimum Gasteiger partial charge on any atom is -0.358 e. The van der Waals surface area contributed by atoms with Gasteiger partial charge in [0, 0.05) is 28.6 Å². The molecule has 2 rings (SSSR count). The Morgan fingerprint density at radius 2 is 1.83 bits per heavy atom. The molecule has 0 amide bonds. The van der Waals surface area contributed by atoms with Gasteiger partial charge in [-0.1, -0.05) is 39.0 Å². The number of fused-ring (bicyclic) bond motifs is 1. The summed E-state index contributed by atoms with van der Waals surface area (Å²) in [6, 6.07) is 8.46. The van der Waals surface area contributed by atoms with Crippen LogP contribution < -0.4 is 5.73 Å². The first kappa shape index (κ1) is 14.3. The third-order valence-corrected chi connectivity index (χ3v) is 2.96. The van der Waals surface area contributed by atoms with E-state index < -0.39 is 0 Å². The topological polar surface area (TPSA) is 65.6 Å². The molecule has 3 N–H and O–H groups in total. The molecule has 0 bridgehead atoms. The normalized spacial score (nSPS) is 11.0. The Kier molecular flexibility index (Phi) is 4.52. The average molecular weight is 243 g/mol. The van der Waals surface area contributed by atoms with Gasteiger partial charge in [-0.05, 0) is 24.6 Å². The Bertz CT molecular complexity index is 529. The maximum Gasteiger partial charge on any atom is 0.0462 e. The van der Waals surface area contributed by atoms with Crippen molar-refractivity contribution in [3.63, 3.8) is 0 Å². The maximum atomic E-state index is 6.50. The lowest BCUT2D eigenvalue weighted by Crippen LogP contribution is -2.16. The zero-order chi connectivity index (χ0) is 13.8. The van der Waals surface area contributed by atoms with Crippen LogP contribution in [-0.2, 0) is 11.8 Å². The second-order valence-electron chi connectivity index (χ2n) is 5.31. The first-order valence-electron chi connectivity index (χ1n) is 6.10. The first-order chi connectivity index (χ1) is 8.54. The number of rotatable bonds is 2. The lowest BCUT2D eigenvalue weighted by Gasteiger charge is -2.19. The average Bonchev–Trinajstić information content (AvgIpc) is 2.72. The fourth-order valence-corrected chi connectivity index (χ4v) is 2.24. The SMILES string of the molecule is C#N.CC(C)(C)c1[nH]c2ccccc2c1CCN. The van der Waals surface area contributed by atoms with E-state index in [1.807, 2.05) is 0 Å². The predicted molar refractivity (Wildman–Crippen MR) is 76.4 cm³/mol. The molecule has 0 fully saturated rings. The number of nitrogens with one attached hydrogen (secondary N) is 1. The van der Waals surface area contributed by atoms with Crippen molar-refractivity contribution in [2.45, 2.75) is 32.6 Å². The monoisotopic (exact) mass is 243 g/mol. The van der Waals surface area contributed by atoms with Crippen molar-refractivity contribution in [3.8, 4) is 6.57 Å². The summed E-state index contributed by atoms with van der Waals surface area (Å²) in [4.78, 5) is 3.53. The van der Waals surface area contributed by atoms with Crippen molar-refractivity contribution in [1.82, 2.24) is 4.98 Å². The zero-order valence-electron chi connectivity index (χ0n) is 11.3. The second-order valence-corrected chi connectivity index (χ2v) is 5.31. The molecule has 0 spiro atoms. The number of aromatic nitrogens is 1. The summed E-state index contributed by atoms with van der Waals surface area (Å²) in [7, 11) is 0. The molecule has 0 radical (unpaired) electrons. The van der Waals surface area contributed by atoms with Crippen LogP contribution in [0.1, 0.15) is 32.0 Å². The molecule has 0 aliphatic rings. The molecule has 1 aromatic heterocycles. The number of benzene rings is 1. The minimum absolute atomic E-state index is 0.142. The van der Waals surface area contributed by atoms with Crippen LogP contribution in [-0.4, -0.2) is 11.5 Å². The number of nitrogens with two attached hydrogens (primary N) is 1. The van der Waals surface area contributed by atoms with Gasteiger partial charge in [-0.25, -0.2) is 5.26 Å². The highest BCUT2D eigenvalue weighted by atomic mass is 14.7. The Hall–Kier alpha value is -1.79. The van der Waals surface area contributed by atoms with Crippen LogP contribution in [0.2, 0.25) is 0 Å². The summed E-state index contributed by atoms with van der Waals surface area (Å²) in [6.07, 6.45) is 0.941. The van der Waals surface area contributed by atoms with Gasteiger partial charge < -0.3 is 10.7 Å². The van der Waals surface area contributed by atoms with E-state index in [1.165, 1.54) is 22.2 Å². The van der Waals surface area contributed by atoms with Gasteiger partial charge in [0.1, 0.15) is 0 Å². The van der Waals surface area contributed by atoms with E-state index in [0.29, 0.717) is 6.54 Å². The van der Waals surface area contributed by atoms with Crippen LogP contribution in [0.15, 0.2) is 24.3 Å². The number of nitrogens with zero attached hydrogens (tertiary/aromatic N) is 1. The van der Waals surface area contributed by atoms with Gasteiger partial charge in [0.05, 0.1) is 0 Å². The molecule has 0 aliphatic heterocycles. The zero-order valence-corrected chi connectivity index (χ0v) is 11.3. The highest BCUT2D eigenvalue weighted by Gasteiger charge is 2.21. The highest BCUT2D eigenvalue weighted by molar-refractivity contribution is 5.85. The molecule has 0 saturated carbocycles. The van der Waals surface area contributed by atoms with Gasteiger partial charge in [-0.15, -0.1) is 0 Å². The standard InChI is InChI=1S/C14H20N2.CHN/c1-14(2,3)13-11(8-9-15)10-6-4-5-7-12(10)16-13;1-2/h4-7,16H,8-9,15H2,1-3H3;1H. The number of para-hydroxylation sites is 1. The number of nitriles is 1. The summed E-state index contributed by atoms with van der Waals surface area (Å²) in [5, 5.41) is 7.82. The minimum atomic E-state index is 0.142. The molecule has 3 nitrogen and oxygen atoms in total. The highest BCUT2D eigenvalue weighted by Crippen LogP contribution is 2.31. The van der Waals surface area contributed by atoms with Gasteiger partial charge in [0.2, 0.25) is 0 Å². The van der Waals surface area contributed by atoms with E-state index >= 15 is 0 Å². The van der Waals surface area contributed by atoms with E-state index in [0.717, 1.165) is 6.42 Å². The molecule has 0 saturated heterocycles. The van der Waals surface area contributed by atoms with Crippen molar-refractivity contribution >= 4 is 10.9 Å². The molecule has 0 unspecified atom stereocenters. The first-order valence-corrected chi connectivity index (χ1v) is 6.10. The van der Waals surface area contributed by atoms with E-state index in [9.17, 15) is 0 Å². The fraction of sp³-hybridized carbons (Fsp3) is 0.400. The van der Waals surface area contributed by atoms with Crippen LogP contribution in [0.25, 0.3) is 10.9 Å². The third-order valence-electron chi connectivity index (χ3n) is 2.96. The molecular formula is C15H21N3. The molecular weight excluding hydrogens is 222 g/mol. The lowest BCUT2D eigenvalue weighted by atomic mass is 9.88. The molecule has 0 aliphatic carbocycles. The summed E-state index contributed by atoms with van der Waals surface area (Å²) < 4.78 is 0. The van der Waals surface area contributed by atoms with Crippen molar-refractivity contribution in [1.29, 1.82) is 5.26 Å². The second kappa shape index (κ2) is 5.70. The van der Waals surface area contributed by atoms with Crippen molar-refractivity contribution in [2.75, 3.05) is 6.54 Å². The van der Waals surface area contributed by atoms with Gasteiger partial charge in [0.25, 0.3) is 0 Å². The van der Waals surface area contributed by atoms with E-state index in [-0.39, 0.29) is 5.41 Å². The number of H-pyrrole nitrogens is 1. The molecule has 18 heavy (non-hydrogen) atoms. The van der Waals surface area contributed by atoms with Crippen LogP contribution in [0.4, 0.5) is 0 Å². The molecule has 1 heterocycles. The van der Waals surface area contributed by atoms with Crippen molar-refractivity contribution in [3.05, 3.63) is 35.5 Å². The lowest BCUT2D eigenvalue weighted by molar-refractivity contribution is 0.567. The van der Waals surface area contributed by atoms with Crippen LogP contribution in [0.5, 0.6) is 0 Å². The fourth-order valence-electron chi connectivity index (χ4n) is 2.24. The predicted octanol–water partition coefficient (Wildman–Crippen LogP) is 3.11. The Morgan fingerprint density at radius 3 is 2.39 bits per heavy atom. The van der Waals surface area contributed by atoms with Crippen molar-refractivity contribution in [2.24, 2.45) is 5.73 Å². The maximum absolute atomic E-state index is 6.50. The summed E-state index contributed by atoms with van der Waals surface area (Å²) in [6.45, 7) is 10.9. The number of aromatic amines is 1. The van der Waals surface area contributed by atoms with E-state index in [4.69, 9.17) is 11.0 Å². The summed E-state index contributed by atoms with van der Waals surface area (Å²) in [5.41, 5.74) is 9.77. The Morgan fingerprint density at radius 1 is 1.22 bits per heavy atom. The van der Waals surface area contributed by atoms with Gasteiger partial charge in [-0.2, -0.15) is 0 Å². The smallest absolute Gasteiger partial charge is 0.0462 e. The van der Waals surface area contributed by atoms with E-state index in [1.54, 1.807) is 0 Å². The van der Waals surface area contributed by atoms with Crippen LogP contribution in [0, 0.1) is 11.8 Å². The van der Waals surface area contributed by atoms with Gasteiger partial charge >= 0.3 is 0 Å². The summed E-state index contributed by atoms with van der Waals surface area (Å²) >= 11 is 0. The summed E-state index contributed by atoms with van der Waals surface area (Å²) in [5.74, 6) is 0. The van der Waals surface area contributed by atoms with E-state index in [2.05, 4.69) is 56.6 Å².